The molecule has 1 aliphatic carbocycles. The van der Waals surface area contributed by atoms with Crippen molar-refractivity contribution in [2.24, 2.45) is 23.7 Å². The first-order valence-corrected chi connectivity index (χ1v) is 5.77. The van der Waals surface area contributed by atoms with Gasteiger partial charge in [0.25, 0.3) is 0 Å². The van der Waals surface area contributed by atoms with Gasteiger partial charge >= 0.3 is 11.9 Å². The van der Waals surface area contributed by atoms with Crippen LogP contribution < -0.4 is 0 Å². The van der Waals surface area contributed by atoms with E-state index < -0.39 is 17.8 Å². The first kappa shape index (κ1) is 13.0. The lowest BCUT2D eigenvalue weighted by Crippen LogP contribution is -2.31. The minimum absolute atomic E-state index is 0.0298. The van der Waals surface area contributed by atoms with Crippen LogP contribution >= 0.6 is 0 Å². The second-order valence-electron chi connectivity index (χ2n) is 5.03. The lowest BCUT2D eigenvalue weighted by atomic mass is 9.89. The first-order chi connectivity index (χ1) is 7.34. The molecule has 0 heterocycles. The number of esters is 1. The molecule has 1 N–H and O–H groups in total. The Kier molecular flexibility index (Phi) is 3.94. The van der Waals surface area contributed by atoms with E-state index in [2.05, 4.69) is 0 Å². The third-order valence-corrected chi connectivity index (χ3v) is 3.46. The van der Waals surface area contributed by atoms with Crippen molar-refractivity contribution >= 4 is 11.9 Å². The van der Waals surface area contributed by atoms with Gasteiger partial charge in [-0.3, -0.25) is 9.59 Å². The lowest BCUT2D eigenvalue weighted by Gasteiger charge is -2.18. The Labute approximate surface area is 96.0 Å². The van der Waals surface area contributed by atoms with Crippen molar-refractivity contribution in [3.05, 3.63) is 0 Å². The van der Waals surface area contributed by atoms with Crippen LogP contribution in [0.3, 0.4) is 0 Å². The van der Waals surface area contributed by atoms with Gasteiger partial charge < -0.3 is 9.84 Å². The summed E-state index contributed by atoms with van der Waals surface area (Å²) in [4.78, 5) is 22.9. The Bertz CT molecular complexity index is 285. The summed E-state index contributed by atoms with van der Waals surface area (Å²) in [7, 11) is 0. The summed E-state index contributed by atoms with van der Waals surface area (Å²) in [5.74, 6) is -2.04. The van der Waals surface area contributed by atoms with Crippen LogP contribution in [0.15, 0.2) is 0 Å². The van der Waals surface area contributed by atoms with E-state index in [0.29, 0.717) is 6.42 Å². The van der Waals surface area contributed by atoms with Crippen LogP contribution in [0.4, 0.5) is 0 Å². The van der Waals surface area contributed by atoms with Crippen molar-refractivity contribution in [1.29, 1.82) is 0 Å². The van der Waals surface area contributed by atoms with Crippen LogP contribution in [0.25, 0.3) is 0 Å². The van der Waals surface area contributed by atoms with Crippen LogP contribution in [0.2, 0.25) is 0 Å². The van der Waals surface area contributed by atoms with Gasteiger partial charge in [0.2, 0.25) is 0 Å². The molecule has 1 fully saturated rings. The zero-order chi connectivity index (χ0) is 12.5. The standard InChI is InChI=1S/C12H20O4/c1-6(2)16-12(15)9-5-7(3)8(4)10(9)11(13)14/h6-10H,5H2,1-4H3,(H,13,14). The van der Waals surface area contributed by atoms with E-state index in [-0.39, 0.29) is 23.9 Å². The number of carboxylic acid groups (broad SMARTS) is 1. The van der Waals surface area contributed by atoms with E-state index >= 15 is 0 Å². The second kappa shape index (κ2) is 4.85. The average molecular weight is 228 g/mol. The molecule has 92 valence electrons. The number of carboxylic acids is 1. The minimum atomic E-state index is -0.887. The Balaban J connectivity index is 2.79. The normalized spacial score (nSPS) is 34.1. The molecule has 0 bridgehead atoms. The van der Waals surface area contributed by atoms with Gasteiger partial charge in [0.1, 0.15) is 0 Å². The van der Waals surface area contributed by atoms with E-state index in [9.17, 15) is 9.59 Å². The molecule has 0 amide bonds. The average Bonchev–Trinajstić information content (AvgIpc) is 2.42. The number of hydrogen-bond donors (Lipinski definition) is 1. The second-order valence-corrected chi connectivity index (χ2v) is 5.03. The van der Waals surface area contributed by atoms with Crippen LogP contribution in [-0.2, 0) is 14.3 Å². The summed E-state index contributed by atoms with van der Waals surface area (Å²) in [5, 5.41) is 9.15. The third kappa shape index (κ3) is 2.54. The molecule has 1 aliphatic rings. The van der Waals surface area contributed by atoms with Crippen LogP contribution in [0.5, 0.6) is 0 Å². The monoisotopic (exact) mass is 228 g/mol. The molecule has 0 aromatic carbocycles. The van der Waals surface area contributed by atoms with Gasteiger partial charge in [-0.25, -0.2) is 0 Å². The summed E-state index contributed by atoms with van der Waals surface area (Å²) in [6.07, 6.45) is 0.428. The zero-order valence-corrected chi connectivity index (χ0v) is 10.3. The van der Waals surface area contributed by atoms with Gasteiger partial charge in [-0.2, -0.15) is 0 Å². The van der Waals surface area contributed by atoms with Gasteiger partial charge in [-0.05, 0) is 32.1 Å². The Morgan fingerprint density at radius 1 is 1.31 bits per heavy atom. The zero-order valence-electron chi connectivity index (χ0n) is 10.3. The highest BCUT2D eigenvalue weighted by Crippen LogP contribution is 2.42. The van der Waals surface area contributed by atoms with Crippen LogP contribution in [0.1, 0.15) is 34.1 Å². The molecule has 0 aliphatic heterocycles. The van der Waals surface area contributed by atoms with E-state index in [1.165, 1.54) is 0 Å². The predicted octanol–water partition coefficient (Wildman–Crippen LogP) is 1.93. The maximum atomic E-state index is 11.8. The number of aliphatic carboxylic acids is 1. The highest BCUT2D eigenvalue weighted by molar-refractivity contribution is 5.82. The maximum Gasteiger partial charge on any atom is 0.310 e. The minimum Gasteiger partial charge on any atom is -0.481 e. The van der Waals surface area contributed by atoms with Crippen molar-refractivity contribution in [2.75, 3.05) is 0 Å². The van der Waals surface area contributed by atoms with E-state index in [4.69, 9.17) is 9.84 Å². The summed E-state index contributed by atoms with van der Waals surface area (Å²) in [5.41, 5.74) is 0. The van der Waals surface area contributed by atoms with E-state index in [1.807, 2.05) is 13.8 Å². The fourth-order valence-corrected chi connectivity index (χ4v) is 2.44. The summed E-state index contributed by atoms with van der Waals surface area (Å²) in [6, 6.07) is 0. The number of carbonyl (C=O) groups excluding carboxylic acids is 1. The van der Waals surface area contributed by atoms with E-state index in [1.54, 1.807) is 13.8 Å². The van der Waals surface area contributed by atoms with Crippen molar-refractivity contribution in [3.8, 4) is 0 Å². The highest BCUT2D eigenvalue weighted by atomic mass is 16.5. The highest BCUT2D eigenvalue weighted by Gasteiger charge is 2.47. The number of hydrogen-bond acceptors (Lipinski definition) is 3. The molecule has 16 heavy (non-hydrogen) atoms. The van der Waals surface area contributed by atoms with Gasteiger partial charge in [0.15, 0.2) is 0 Å². The molecular weight excluding hydrogens is 208 g/mol. The molecule has 0 aromatic heterocycles. The Morgan fingerprint density at radius 3 is 2.31 bits per heavy atom. The quantitative estimate of drug-likeness (QED) is 0.750. The SMILES string of the molecule is CC(C)OC(=O)C1CC(C)C(C)C1C(=O)O. The fourth-order valence-electron chi connectivity index (χ4n) is 2.44. The lowest BCUT2D eigenvalue weighted by molar-refractivity contribution is -0.160. The molecular formula is C12H20O4. The van der Waals surface area contributed by atoms with Crippen molar-refractivity contribution < 1.29 is 19.4 Å². The van der Waals surface area contributed by atoms with Crippen LogP contribution in [-0.4, -0.2) is 23.1 Å². The van der Waals surface area contributed by atoms with Crippen molar-refractivity contribution in [1.82, 2.24) is 0 Å². The summed E-state index contributed by atoms with van der Waals surface area (Å²) >= 11 is 0. The molecule has 1 rings (SSSR count). The third-order valence-electron chi connectivity index (χ3n) is 3.46. The molecule has 0 radical (unpaired) electrons. The topological polar surface area (TPSA) is 63.6 Å². The largest absolute Gasteiger partial charge is 0.481 e. The molecule has 1 saturated carbocycles. The molecule has 4 unspecified atom stereocenters. The molecule has 0 saturated heterocycles. The Morgan fingerprint density at radius 2 is 1.88 bits per heavy atom. The summed E-state index contributed by atoms with van der Waals surface area (Å²) < 4.78 is 5.11. The first-order valence-electron chi connectivity index (χ1n) is 5.77. The molecule has 4 heteroatoms. The predicted molar refractivity (Wildman–Crippen MR) is 58.8 cm³/mol. The van der Waals surface area contributed by atoms with Gasteiger partial charge in [0, 0.05) is 0 Å². The number of ether oxygens (including phenoxy) is 1. The van der Waals surface area contributed by atoms with Crippen LogP contribution in [0, 0.1) is 23.7 Å². The van der Waals surface area contributed by atoms with Gasteiger partial charge in [-0.1, -0.05) is 13.8 Å². The smallest absolute Gasteiger partial charge is 0.310 e. The molecule has 4 nitrogen and oxygen atoms in total. The van der Waals surface area contributed by atoms with Crippen molar-refractivity contribution in [3.63, 3.8) is 0 Å². The number of carbonyl (C=O) groups is 2. The van der Waals surface area contributed by atoms with Gasteiger partial charge in [-0.15, -0.1) is 0 Å². The molecule has 4 atom stereocenters. The number of rotatable bonds is 3. The Hall–Kier alpha value is -1.06. The summed E-state index contributed by atoms with van der Waals surface area (Å²) in [6.45, 7) is 7.43. The van der Waals surface area contributed by atoms with E-state index in [0.717, 1.165) is 0 Å². The molecule has 0 spiro atoms. The fraction of sp³-hybridized carbons (Fsp3) is 0.833. The van der Waals surface area contributed by atoms with Gasteiger partial charge in [0.05, 0.1) is 17.9 Å². The van der Waals surface area contributed by atoms with Crippen molar-refractivity contribution in [2.45, 2.75) is 40.2 Å². The molecule has 0 aromatic rings. The maximum absolute atomic E-state index is 11.8.